The van der Waals surface area contributed by atoms with Gasteiger partial charge in [-0.1, -0.05) is 13.0 Å². The molecule has 0 aliphatic rings. The minimum absolute atomic E-state index is 0.0723. The number of amides is 1. The highest BCUT2D eigenvalue weighted by Gasteiger charge is 2.09. The summed E-state index contributed by atoms with van der Waals surface area (Å²) in [6.45, 7) is 3.76. The predicted molar refractivity (Wildman–Crippen MR) is 79.8 cm³/mol. The van der Waals surface area contributed by atoms with Gasteiger partial charge >= 0.3 is 5.97 Å². The second-order valence-electron chi connectivity index (χ2n) is 4.71. The first-order chi connectivity index (χ1) is 10.0. The number of hydrogen-bond donors (Lipinski definition) is 2. The average Bonchev–Trinajstić information content (AvgIpc) is 2.45. The number of nitrogen functional groups attached to an aromatic ring is 1. The highest BCUT2D eigenvalue weighted by atomic mass is 16.5. The SMILES string of the molecule is CCC(C)NC(=O)COC(=O)CCOc1cccc(N)c1. The molecule has 0 heterocycles. The van der Waals surface area contributed by atoms with Crippen LogP contribution < -0.4 is 15.8 Å². The van der Waals surface area contributed by atoms with Gasteiger partial charge in [0.1, 0.15) is 5.75 Å². The number of nitrogens with two attached hydrogens (primary N) is 1. The van der Waals surface area contributed by atoms with Gasteiger partial charge in [0.05, 0.1) is 13.0 Å². The van der Waals surface area contributed by atoms with Crippen molar-refractivity contribution in [3.05, 3.63) is 24.3 Å². The monoisotopic (exact) mass is 294 g/mol. The van der Waals surface area contributed by atoms with Crippen molar-refractivity contribution < 1.29 is 19.1 Å². The lowest BCUT2D eigenvalue weighted by molar-refractivity contribution is -0.149. The van der Waals surface area contributed by atoms with E-state index in [1.165, 1.54) is 0 Å². The summed E-state index contributed by atoms with van der Waals surface area (Å²) in [6, 6.07) is 7.01. The summed E-state index contributed by atoms with van der Waals surface area (Å²) in [7, 11) is 0. The summed E-state index contributed by atoms with van der Waals surface area (Å²) in [5, 5.41) is 2.71. The van der Waals surface area contributed by atoms with Crippen LogP contribution in [0.1, 0.15) is 26.7 Å². The third-order valence-corrected chi connectivity index (χ3v) is 2.82. The second-order valence-corrected chi connectivity index (χ2v) is 4.71. The Hall–Kier alpha value is -2.24. The van der Waals surface area contributed by atoms with Crippen LogP contribution in [-0.2, 0) is 14.3 Å². The largest absolute Gasteiger partial charge is 0.493 e. The maximum atomic E-state index is 11.5. The molecule has 0 saturated heterocycles. The molecule has 116 valence electrons. The summed E-state index contributed by atoms with van der Waals surface area (Å²) in [4.78, 5) is 22.9. The fourth-order valence-corrected chi connectivity index (χ4v) is 1.49. The number of carbonyl (C=O) groups excluding carboxylic acids is 2. The van der Waals surface area contributed by atoms with Crippen LogP contribution in [0, 0.1) is 0 Å². The van der Waals surface area contributed by atoms with E-state index < -0.39 is 5.97 Å². The smallest absolute Gasteiger partial charge is 0.309 e. The normalized spacial score (nSPS) is 11.5. The number of ether oxygens (including phenoxy) is 2. The molecule has 1 atom stereocenters. The number of hydrogen-bond acceptors (Lipinski definition) is 5. The fourth-order valence-electron chi connectivity index (χ4n) is 1.49. The van der Waals surface area contributed by atoms with Crippen molar-refractivity contribution in [3.8, 4) is 5.75 Å². The lowest BCUT2D eigenvalue weighted by atomic mass is 10.2. The van der Waals surface area contributed by atoms with Gasteiger partial charge in [-0.15, -0.1) is 0 Å². The first-order valence-electron chi connectivity index (χ1n) is 6.94. The standard InChI is InChI=1S/C15H22N2O4/c1-3-11(2)17-14(18)10-21-15(19)7-8-20-13-6-4-5-12(16)9-13/h4-6,9,11H,3,7-8,10,16H2,1-2H3,(H,17,18). The molecule has 1 amide bonds. The third-order valence-electron chi connectivity index (χ3n) is 2.82. The van der Waals surface area contributed by atoms with E-state index in [0.29, 0.717) is 11.4 Å². The molecule has 0 aliphatic heterocycles. The minimum Gasteiger partial charge on any atom is -0.493 e. The molecule has 21 heavy (non-hydrogen) atoms. The Balaban J connectivity index is 2.18. The van der Waals surface area contributed by atoms with Crippen molar-refractivity contribution in [1.82, 2.24) is 5.32 Å². The molecule has 0 bridgehead atoms. The van der Waals surface area contributed by atoms with Crippen molar-refractivity contribution in [2.24, 2.45) is 0 Å². The lowest BCUT2D eigenvalue weighted by Gasteiger charge is -2.11. The van der Waals surface area contributed by atoms with E-state index in [1.54, 1.807) is 24.3 Å². The number of nitrogens with one attached hydrogen (secondary N) is 1. The Kier molecular flexibility index (Phi) is 7.08. The third kappa shape index (κ3) is 7.20. The van der Waals surface area contributed by atoms with E-state index in [2.05, 4.69) is 5.32 Å². The van der Waals surface area contributed by atoms with Gasteiger partial charge in [0.15, 0.2) is 6.61 Å². The van der Waals surface area contributed by atoms with Crippen LogP contribution in [0.4, 0.5) is 5.69 Å². The molecule has 0 aliphatic carbocycles. The summed E-state index contributed by atoms with van der Waals surface area (Å²) < 4.78 is 10.2. The van der Waals surface area contributed by atoms with Gasteiger partial charge in [0.25, 0.3) is 5.91 Å². The Labute approximate surface area is 124 Å². The van der Waals surface area contributed by atoms with E-state index in [9.17, 15) is 9.59 Å². The van der Waals surface area contributed by atoms with Gasteiger partial charge in [-0.3, -0.25) is 9.59 Å². The van der Waals surface area contributed by atoms with Gasteiger partial charge in [-0.2, -0.15) is 0 Å². The zero-order valence-corrected chi connectivity index (χ0v) is 12.4. The summed E-state index contributed by atoms with van der Waals surface area (Å²) in [5.41, 5.74) is 6.20. The van der Waals surface area contributed by atoms with Gasteiger partial charge in [-0.05, 0) is 25.5 Å². The van der Waals surface area contributed by atoms with Crippen molar-refractivity contribution >= 4 is 17.6 Å². The molecular weight excluding hydrogens is 272 g/mol. The zero-order chi connectivity index (χ0) is 15.7. The molecule has 0 fully saturated rings. The first-order valence-corrected chi connectivity index (χ1v) is 6.94. The molecule has 0 spiro atoms. The number of carbonyl (C=O) groups is 2. The van der Waals surface area contributed by atoms with Crippen LogP contribution in [-0.4, -0.2) is 31.1 Å². The predicted octanol–water partition coefficient (Wildman–Crippen LogP) is 1.50. The Morgan fingerprint density at radius 2 is 2.14 bits per heavy atom. The Bertz CT molecular complexity index is 476. The molecule has 0 radical (unpaired) electrons. The van der Waals surface area contributed by atoms with E-state index >= 15 is 0 Å². The Morgan fingerprint density at radius 1 is 1.38 bits per heavy atom. The summed E-state index contributed by atoms with van der Waals surface area (Å²) >= 11 is 0. The van der Waals surface area contributed by atoms with Crippen molar-refractivity contribution in [1.29, 1.82) is 0 Å². The second kappa shape index (κ2) is 8.84. The average molecular weight is 294 g/mol. The van der Waals surface area contributed by atoms with E-state index in [1.807, 2.05) is 13.8 Å². The highest BCUT2D eigenvalue weighted by molar-refractivity contribution is 5.80. The number of benzene rings is 1. The van der Waals surface area contributed by atoms with Crippen LogP contribution >= 0.6 is 0 Å². The van der Waals surface area contributed by atoms with Crippen LogP contribution in [0.25, 0.3) is 0 Å². The fraction of sp³-hybridized carbons (Fsp3) is 0.467. The van der Waals surface area contributed by atoms with Crippen molar-refractivity contribution in [2.75, 3.05) is 18.9 Å². The summed E-state index contributed by atoms with van der Waals surface area (Å²) in [6.07, 6.45) is 0.902. The summed E-state index contributed by atoms with van der Waals surface area (Å²) in [5.74, 6) is -0.176. The van der Waals surface area contributed by atoms with Crippen LogP contribution in [0.15, 0.2) is 24.3 Å². The van der Waals surface area contributed by atoms with E-state index in [-0.39, 0.29) is 31.6 Å². The van der Waals surface area contributed by atoms with E-state index in [4.69, 9.17) is 15.2 Å². The van der Waals surface area contributed by atoms with Crippen LogP contribution in [0.3, 0.4) is 0 Å². The zero-order valence-electron chi connectivity index (χ0n) is 12.4. The van der Waals surface area contributed by atoms with Gasteiger partial charge in [-0.25, -0.2) is 0 Å². The van der Waals surface area contributed by atoms with Gasteiger partial charge in [0.2, 0.25) is 0 Å². The van der Waals surface area contributed by atoms with Crippen molar-refractivity contribution in [2.45, 2.75) is 32.7 Å². The molecule has 6 nitrogen and oxygen atoms in total. The van der Waals surface area contributed by atoms with Crippen molar-refractivity contribution in [3.63, 3.8) is 0 Å². The van der Waals surface area contributed by atoms with Gasteiger partial charge in [0, 0.05) is 17.8 Å². The minimum atomic E-state index is -0.474. The maximum Gasteiger partial charge on any atom is 0.309 e. The molecule has 1 unspecified atom stereocenters. The molecule has 1 rings (SSSR count). The topological polar surface area (TPSA) is 90.6 Å². The maximum absolute atomic E-state index is 11.5. The molecule has 1 aromatic carbocycles. The quantitative estimate of drug-likeness (QED) is 0.560. The molecular formula is C15H22N2O4. The lowest BCUT2D eigenvalue weighted by Crippen LogP contribution is -2.35. The number of anilines is 1. The molecule has 3 N–H and O–H groups in total. The van der Waals surface area contributed by atoms with E-state index in [0.717, 1.165) is 6.42 Å². The Morgan fingerprint density at radius 3 is 2.81 bits per heavy atom. The molecule has 0 saturated carbocycles. The van der Waals surface area contributed by atoms with Crippen LogP contribution in [0.5, 0.6) is 5.75 Å². The number of esters is 1. The molecule has 1 aromatic rings. The molecule has 0 aromatic heterocycles. The van der Waals surface area contributed by atoms with Gasteiger partial charge < -0.3 is 20.5 Å². The number of rotatable bonds is 8. The first kappa shape index (κ1) is 16.8. The highest BCUT2D eigenvalue weighted by Crippen LogP contribution is 2.14. The molecule has 6 heteroatoms. The van der Waals surface area contributed by atoms with Crippen LogP contribution in [0.2, 0.25) is 0 Å².